The molecule has 0 spiro atoms. The second-order valence-corrected chi connectivity index (χ2v) is 6.65. The van der Waals surface area contributed by atoms with Crippen LogP contribution in [0.1, 0.15) is 51.8 Å². The van der Waals surface area contributed by atoms with E-state index in [2.05, 4.69) is 15.5 Å². The first-order valence-electron chi connectivity index (χ1n) is 8.83. The van der Waals surface area contributed by atoms with Crippen LogP contribution in [0.3, 0.4) is 0 Å². The lowest BCUT2D eigenvalue weighted by atomic mass is 9.81. The summed E-state index contributed by atoms with van der Waals surface area (Å²) >= 11 is 0. The van der Waals surface area contributed by atoms with Gasteiger partial charge in [0.1, 0.15) is 6.04 Å². The van der Waals surface area contributed by atoms with E-state index in [0.717, 1.165) is 37.0 Å². The average Bonchev–Trinajstić information content (AvgIpc) is 3.16. The number of amides is 2. The minimum absolute atomic E-state index is 0.0841. The van der Waals surface area contributed by atoms with Crippen LogP contribution >= 0.6 is 0 Å². The van der Waals surface area contributed by atoms with Crippen molar-refractivity contribution in [3.63, 3.8) is 0 Å². The zero-order valence-electron chi connectivity index (χ0n) is 14.6. The maximum Gasteiger partial charge on any atom is 0.329 e. The van der Waals surface area contributed by atoms with Gasteiger partial charge in [0.15, 0.2) is 12.4 Å². The molecule has 2 heterocycles. The van der Waals surface area contributed by atoms with E-state index in [1.165, 1.54) is 6.92 Å². The van der Waals surface area contributed by atoms with E-state index >= 15 is 0 Å². The summed E-state index contributed by atoms with van der Waals surface area (Å²) < 4.78 is 6.82. The van der Waals surface area contributed by atoms with Gasteiger partial charge in [0.05, 0.1) is 11.8 Å². The number of hydrogen-bond donors (Lipinski definition) is 0. The largest absolute Gasteiger partial charge is 0.456 e. The first kappa shape index (κ1) is 17.5. The molecule has 136 valence electrons. The van der Waals surface area contributed by atoms with Crippen molar-refractivity contribution in [1.82, 2.24) is 25.1 Å². The Kier molecular flexibility index (Phi) is 5.10. The first-order valence-corrected chi connectivity index (χ1v) is 8.83. The number of hydrogen-bond acceptors (Lipinski definition) is 7. The molecule has 1 saturated heterocycles. The summed E-state index contributed by atoms with van der Waals surface area (Å²) in [5, 5.41) is 11.2. The van der Waals surface area contributed by atoms with Gasteiger partial charge in [-0.1, -0.05) is 19.8 Å². The third-order valence-corrected chi connectivity index (χ3v) is 4.99. The van der Waals surface area contributed by atoms with E-state index in [9.17, 15) is 14.4 Å². The fourth-order valence-electron chi connectivity index (χ4n) is 3.64. The zero-order chi connectivity index (χ0) is 18.0. The Hall–Kier alpha value is -2.32. The fraction of sp³-hybridized carbons (Fsp3) is 0.750. The van der Waals surface area contributed by atoms with E-state index in [-0.39, 0.29) is 30.3 Å². The Balaban J connectivity index is 1.63. The number of likely N-dealkylation sites (tertiary alicyclic amines) is 1. The summed E-state index contributed by atoms with van der Waals surface area (Å²) in [6.45, 7) is 4.06. The van der Waals surface area contributed by atoms with Crippen molar-refractivity contribution in [2.24, 2.45) is 11.8 Å². The molecular weight excluding hydrogens is 326 g/mol. The Labute approximate surface area is 145 Å². The SMILES string of the molecule is CCCn1nnnc1COC(=O)[C@H](C)N1C(=O)C2CCCCC2C1=O. The highest BCUT2D eigenvalue weighted by atomic mass is 16.5. The second kappa shape index (κ2) is 7.28. The molecule has 2 unspecified atom stereocenters. The number of imide groups is 1. The van der Waals surface area contributed by atoms with Gasteiger partial charge in [-0.05, 0) is 36.6 Å². The normalized spacial score (nSPS) is 24.3. The number of ether oxygens (including phenoxy) is 1. The summed E-state index contributed by atoms with van der Waals surface area (Å²) in [5.74, 6) is -1.20. The average molecular weight is 349 g/mol. The van der Waals surface area contributed by atoms with Gasteiger partial charge in [-0.3, -0.25) is 14.5 Å². The van der Waals surface area contributed by atoms with E-state index in [1.54, 1.807) is 4.68 Å². The van der Waals surface area contributed by atoms with E-state index in [1.807, 2.05) is 6.92 Å². The highest BCUT2D eigenvalue weighted by Gasteiger charge is 2.51. The molecule has 9 nitrogen and oxygen atoms in total. The van der Waals surface area contributed by atoms with Crippen LogP contribution in [0.2, 0.25) is 0 Å². The van der Waals surface area contributed by atoms with Gasteiger partial charge in [0.25, 0.3) is 0 Å². The lowest BCUT2D eigenvalue weighted by molar-refractivity contribution is -0.159. The molecule has 2 amide bonds. The molecule has 9 heteroatoms. The van der Waals surface area contributed by atoms with Crippen LogP contribution in [0, 0.1) is 11.8 Å². The van der Waals surface area contributed by atoms with Crippen molar-refractivity contribution in [3.05, 3.63) is 5.82 Å². The molecule has 0 N–H and O–H groups in total. The number of carbonyl (C=O) groups is 3. The fourth-order valence-corrected chi connectivity index (χ4v) is 3.64. The lowest BCUT2D eigenvalue weighted by Crippen LogP contribution is -2.44. The Morgan fingerprint density at radius 2 is 1.88 bits per heavy atom. The maximum atomic E-state index is 12.5. The van der Waals surface area contributed by atoms with Gasteiger partial charge in [-0.15, -0.1) is 5.10 Å². The van der Waals surface area contributed by atoms with Gasteiger partial charge in [0, 0.05) is 6.54 Å². The highest BCUT2D eigenvalue weighted by Crippen LogP contribution is 2.38. The van der Waals surface area contributed by atoms with Crippen molar-refractivity contribution >= 4 is 17.8 Å². The number of carbonyl (C=O) groups excluding carboxylic acids is 3. The number of rotatable bonds is 6. The molecule has 1 aromatic heterocycles. The predicted octanol–water partition coefficient (Wildman–Crippen LogP) is 0.690. The van der Waals surface area contributed by atoms with Crippen LogP contribution in [-0.2, 0) is 32.3 Å². The Morgan fingerprint density at radius 1 is 1.24 bits per heavy atom. The molecule has 25 heavy (non-hydrogen) atoms. The van der Waals surface area contributed by atoms with Gasteiger partial charge in [-0.2, -0.15) is 0 Å². The molecule has 2 fully saturated rings. The molecule has 3 atom stereocenters. The molecule has 0 radical (unpaired) electrons. The van der Waals surface area contributed by atoms with Gasteiger partial charge >= 0.3 is 5.97 Å². The smallest absolute Gasteiger partial charge is 0.329 e. The summed E-state index contributed by atoms with van der Waals surface area (Å²) in [5.41, 5.74) is 0. The van der Waals surface area contributed by atoms with Crippen LogP contribution in [-0.4, -0.2) is 48.9 Å². The number of tetrazole rings is 1. The summed E-state index contributed by atoms with van der Waals surface area (Å²) in [6, 6.07) is -0.930. The molecule has 2 aliphatic rings. The molecule has 3 rings (SSSR count). The van der Waals surface area contributed by atoms with Crippen molar-refractivity contribution in [2.75, 3.05) is 0 Å². The number of fused-ring (bicyclic) bond motifs is 1. The molecule has 0 bridgehead atoms. The Morgan fingerprint density at radius 3 is 2.48 bits per heavy atom. The molecule has 1 aliphatic heterocycles. The van der Waals surface area contributed by atoms with E-state index < -0.39 is 12.0 Å². The van der Waals surface area contributed by atoms with Crippen molar-refractivity contribution in [2.45, 2.75) is 65.1 Å². The number of esters is 1. The van der Waals surface area contributed by atoms with Gasteiger partial charge < -0.3 is 4.74 Å². The minimum atomic E-state index is -0.930. The maximum absolute atomic E-state index is 12.5. The van der Waals surface area contributed by atoms with E-state index in [4.69, 9.17) is 4.74 Å². The van der Waals surface area contributed by atoms with Gasteiger partial charge in [0.2, 0.25) is 11.8 Å². The van der Waals surface area contributed by atoms with Crippen LogP contribution < -0.4 is 0 Å². The van der Waals surface area contributed by atoms with Crippen molar-refractivity contribution in [3.8, 4) is 0 Å². The standard InChI is InChI=1S/C16H23N5O4/c1-3-8-20-13(17-18-19-20)9-25-16(24)10(2)21-14(22)11-6-4-5-7-12(11)15(21)23/h10-12H,3-9H2,1-2H3/t10-,11?,12?/m0/s1. The van der Waals surface area contributed by atoms with Crippen LogP contribution in [0.5, 0.6) is 0 Å². The van der Waals surface area contributed by atoms with E-state index in [0.29, 0.717) is 12.4 Å². The van der Waals surface area contributed by atoms with Crippen LogP contribution in [0.4, 0.5) is 0 Å². The minimum Gasteiger partial charge on any atom is -0.456 e. The van der Waals surface area contributed by atoms with Gasteiger partial charge in [-0.25, -0.2) is 9.48 Å². The predicted molar refractivity (Wildman–Crippen MR) is 84.7 cm³/mol. The summed E-state index contributed by atoms with van der Waals surface area (Å²) in [7, 11) is 0. The number of aromatic nitrogens is 4. The van der Waals surface area contributed by atoms with Crippen LogP contribution in [0.25, 0.3) is 0 Å². The van der Waals surface area contributed by atoms with Crippen molar-refractivity contribution < 1.29 is 19.1 Å². The third-order valence-electron chi connectivity index (χ3n) is 4.99. The highest BCUT2D eigenvalue weighted by molar-refractivity contribution is 6.07. The Bertz CT molecular complexity index is 649. The second-order valence-electron chi connectivity index (χ2n) is 6.65. The third kappa shape index (κ3) is 3.27. The molecule has 1 saturated carbocycles. The molecule has 1 aliphatic carbocycles. The lowest BCUT2D eigenvalue weighted by Gasteiger charge is -2.21. The monoisotopic (exact) mass is 349 g/mol. The number of aryl methyl sites for hydroxylation is 1. The molecule has 0 aromatic carbocycles. The van der Waals surface area contributed by atoms with Crippen LogP contribution in [0.15, 0.2) is 0 Å². The first-order chi connectivity index (χ1) is 12.0. The zero-order valence-corrected chi connectivity index (χ0v) is 14.6. The topological polar surface area (TPSA) is 107 Å². The number of nitrogens with zero attached hydrogens (tertiary/aromatic N) is 5. The quantitative estimate of drug-likeness (QED) is 0.549. The molecular formula is C16H23N5O4. The summed E-state index contributed by atoms with van der Waals surface area (Å²) in [6.07, 6.45) is 4.19. The van der Waals surface area contributed by atoms with Crippen molar-refractivity contribution in [1.29, 1.82) is 0 Å². The summed E-state index contributed by atoms with van der Waals surface area (Å²) in [4.78, 5) is 38.5. The molecule has 1 aromatic rings.